The molecule has 1 atom stereocenters. The van der Waals surface area contributed by atoms with Crippen molar-refractivity contribution in [2.45, 2.75) is 44.4 Å². The summed E-state index contributed by atoms with van der Waals surface area (Å²) in [5, 5.41) is 0.0194. The van der Waals surface area contributed by atoms with E-state index < -0.39 is 0 Å². The van der Waals surface area contributed by atoms with Crippen molar-refractivity contribution in [1.82, 2.24) is 0 Å². The van der Waals surface area contributed by atoms with Crippen molar-refractivity contribution in [3.63, 3.8) is 0 Å². The molecule has 3 heteroatoms. The van der Waals surface area contributed by atoms with Gasteiger partial charge in [-0.25, -0.2) is 4.39 Å². The zero-order chi connectivity index (χ0) is 13.4. The highest BCUT2D eigenvalue weighted by atomic mass is 35.5. The second-order valence-electron chi connectivity index (χ2n) is 5.57. The molecule has 0 spiro atoms. The molecule has 3 aliphatic rings. The van der Waals surface area contributed by atoms with Crippen molar-refractivity contribution >= 4 is 11.6 Å². The molecule has 19 heavy (non-hydrogen) atoms. The van der Waals surface area contributed by atoms with Crippen LogP contribution in [-0.2, 0) is 0 Å². The molecule has 0 saturated heterocycles. The predicted molar refractivity (Wildman–Crippen MR) is 75.2 cm³/mol. The molecule has 0 bridgehead atoms. The Morgan fingerprint density at radius 1 is 1.26 bits per heavy atom. The van der Waals surface area contributed by atoms with E-state index in [1.54, 1.807) is 0 Å². The summed E-state index contributed by atoms with van der Waals surface area (Å²) in [7, 11) is 0. The van der Waals surface area contributed by atoms with Gasteiger partial charge in [0.2, 0.25) is 0 Å². The van der Waals surface area contributed by atoms with Gasteiger partial charge in [-0.05, 0) is 48.9 Å². The molecule has 0 aromatic carbocycles. The Bertz CT molecular complexity index is 542. The molecule has 1 heterocycles. The maximum absolute atomic E-state index is 13.2. The van der Waals surface area contributed by atoms with Gasteiger partial charge in [-0.1, -0.05) is 19.3 Å². The number of halogens is 2. The van der Waals surface area contributed by atoms with E-state index in [0.717, 1.165) is 28.7 Å². The van der Waals surface area contributed by atoms with Crippen LogP contribution in [0.4, 0.5) is 4.39 Å². The van der Waals surface area contributed by atoms with Gasteiger partial charge >= 0.3 is 0 Å². The molecule has 1 aliphatic heterocycles. The van der Waals surface area contributed by atoms with Crippen LogP contribution >= 0.6 is 11.6 Å². The third-order valence-electron chi connectivity index (χ3n) is 4.29. The molecular weight excluding hydrogens is 263 g/mol. The third kappa shape index (κ3) is 2.38. The second kappa shape index (κ2) is 5.16. The zero-order valence-corrected chi connectivity index (χ0v) is 11.8. The average molecular weight is 281 g/mol. The van der Waals surface area contributed by atoms with Crippen LogP contribution < -0.4 is 0 Å². The molecule has 0 radical (unpaired) electrons. The Morgan fingerprint density at radius 3 is 2.74 bits per heavy atom. The van der Waals surface area contributed by atoms with Crippen LogP contribution in [0.5, 0.6) is 0 Å². The first-order chi connectivity index (χ1) is 9.16. The molecule has 1 fully saturated rings. The van der Waals surface area contributed by atoms with E-state index in [-0.39, 0.29) is 11.2 Å². The first-order valence-corrected chi connectivity index (χ1v) is 7.42. The summed E-state index contributed by atoms with van der Waals surface area (Å²) in [6.45, 7) is 2.01. The van der Waals surface area contributed by atoms with E-state index in [2.05, 4.69) is 0 Å². The second-order valence-corrected chi connectivity index (χ2v) is 6.04. The topological polar surface area (TPSA) is 13.1 Å². The Labute approximate surface area is 118 Å². The minimum absolute atomic E-state index is 0.0194. The lowest BCUT2D eigenvalue weighted by atomic mass is 9.84. The molecule has 0 amide bonds. The number of rotatable bonds is 2. The van der Waals surface area contributed by atoms with Crippen LogP contribution in [0.1, 0.15) is 48.6 Å². The van der Waals surface area contributed by atoms with Gasteiger partial charge in [0.15, 0.2) is 5.82 Å². The number of alkyl halides is 1. The van der Waals surface area contributed by atoms with Crippen molar-refractivity contribution in [3.8, 4) is 11.3 Å². The van der Waals surface area contributed by atoms with Crippen molar-refractivity contribution in [1.29, 1.82) is 0 Å². The summed E-state index contributed by atoms with van der Waals surface area (Å²) < 4.78 is 18.6. The molecule has 1 unspecified atom stereocenters. The van der Waals surface area contributed by atoms with Crippen molar-refractivity contribution in [3.05, 3.63) is 35.3 Å². The number of fused-ring (bicyclic) bond motifs is 1. The lowest BCUT2D eigenvalue weighted by molar-refractivity contribution is 0.348. The summed E-state index contributed by atoms with van der Waals surface area (Å²) in [5.41, 5.74) is 2.98. The summed E-state index contributed by atoms with van der Waals surface area (Å²) in [6.07, 6.45) is 7.41. The maximum atomic E-state index is 13.2. The molecular formula is C16H18ClFO. The monoisotopic (exact) mass is 280 g/mol. The van der Waals surface area contributed by atoms with Gasteiger partial charge in [0.25, 0.3) is 0 Å². The summed E-state index contributed by atoms with van der Waals surface area (Å²) in [5.74, 6) is 0.960. The molecule has 0 aromatic heterocycles. The predicted octanol–water partition coefficient (Wildman–Crippen LogP) is 5.69. The fraction of sp³-hybridized carbons (Fsp3) is 0.500. The van der Waals surface area contributed by atoms with E-state index >= 15 is 0 Å². The Balaban J connectivity index is 1.95. The summed E-state index contributed by atoms with van der Waals surface area (Å²) in [6, 6.07) is 3.50. The molecule has 0 aromatic rings. The molecule has 1 saturated carbocycles. The van der Waals surface area contributed by atoms with E-state index in [0.29, 0.717) is 5.92 Å². The summed E-state index contributed by atoms with van der Waals surface area (Å²) >= 11 is 6.67. The van der Waals surface area contributed by atoms with Crippen molar-refractivity contribution < 1.29 is 8.81 Å². The molecule has 0 N–H and O–H groups in total. The normalized spacial score (nSPS) is 18.9. The maximum Gasteiger partial charge on any atom is 0.158 e. The zero-order valence-electron chi connectivity index (χ0n) is 11.1. The SMILES string of the molecule is Cc1c(C(Cl)C2CCCCC2)cc2cc(F)coc1-2. The Kier molecular flexibility index (Phi) is 3.53. The van der Waals surface area contributed by atoms with E-state index in [9.17, 15) is 4.39 Å². The number of hydrogen-bond acceptors (Lipinski definition) is 1. The quantitative estimate of drug-likeness (QED) is 0.644. The van der Waals surface area contributed by atoms with Gasteiger partial charge in [-0.15, -0.1) is 11.6 Å². The minimum Gasteiger partial charge on any atom is -0.461 e. The van der Waals surface area contributed by atoms with Gasteiger partial charge in [0.1, 0.15) is 12.0 Å². The van der Waals surface area contributed by atoms with Gasteiger partial charge in [0, 0.05) is 5.56 Å². The van der Waals surface area contributed by atoms with E-state index in [1.165, 1.54) is 38.2 Å². The Hall–Kier alpha value is -1.02. The van der Waals surface area contributed by atoms with Crippen LogP contribution in [0, 0.1) is 18.7 Å². The molecule has 1 nitrogen and oxygen atoms in total. The highest BCUT2D eigenvalue weighted by Crippen LogP contribution is 2.44. The standard InChI is InChI=1S/C16H18ClFO/c1-10-14(15(17)11-5-3-2-4-6-11)8-12-7-13(18)9-19-16(10)12/h7-9,11,15H,2-6H2,1H3. The molecule has 2 aliphatic carbocycles. The van der Waals surface area contributed by atoms with Gasteiger partial charge < -0.3 is 4.42 Å². The van der Waals surface area contributed by atoms with Gasteiger partial charge in [-0.2, -0.15) is 0 Å². The lowest BCUT2D eigenvalue weighted by Crippen LogP contribution is -2.12. The first kappa shape index (κ1) is 13.0. The van der Waals surface area contributed by atoms with Crippen LogP contribution in [0.25, 0.3) is 11.3 Å². The van der Waals surface area contributed by atoms with Crippen LogP contribution in [-0.4, -0.2) is 0 Å². The molecule has 3 rings (SSSR count). The fourth-order valence-corrected chi connectivity index (χ4v) is 3.70. The lowest BCUT2D eigenvalue weighted by Gasteiger charge is -2.26. The van der Waals surface area contributed by atoms with E-state index in [1.807, 2.05) is 13.0 Å². The number of hydrogen-bond donors (Lipinski definition) is 0. The highest BCUT2D eigenvalue weighted by Gasteiger charge is 2.27. The largest absolute Gasteiger partial charge is 0.461 e. The highest BCUT2D eigenvalue weighted by molar-refractivity contribution is 6.21. The fourth-order valence-electron chi connectivity index (χ4n) is 3.22. The average Bonchev–Trinajstić information content (AvgIpc) is 2.75. The van der Waals surface area contributed by atoms with Crippen LogP contribution in [0.15, 0.2) is 22.8 Å². The van der Waals surface area contributed by atoms with Gasteiger partial charge in [0.05, 0.1) is 5.38 Å². The smallest absolute Gasteiger partial charge is 0.158 e. The van der Waals surface area contributed by atoms with Crippen molar-refractivity contribution in [2.24, 2.45) is 5.92 Å². The molecule has 102 valence electrons. The van der Waals surface area contributed by atoms with Gasteiger partial charge in [-0.3, -0.25) is 0 Å². The summed E-state index contributed by atoms with van der Waals surface area (Å²) in [4.78, 5) is 0. The minimum atomic E-state index is -0.340. The van der Waals surface area contributed by atoms with Crippen LogP contribution in [0.3, 0.4) is 0 Å². The first-order valence-electron chi connectivity index (χ1n) is 6.98. The van der Waals surface area contributed by atoms with Crippen molar-refractivity contribution in [2.75, 3.05) is 0 Å². The van der Waals surface area contributed by atoms with E-state index in [4.69, 9.17) is 16.0 Å². The Morgan fingerprint density at radius 2 is 2.00 bits per heavy atom. The van der Waals surface area contributed by atoms with Crippen LogP contribution in [0.2, 0.25) is 0 Å². The third-order valence-corrected chi connectivity index (χ3v) is 4.88.